The molecule has 0 bridgehead atoms. The number of hydrogen-bond donors (Lipinski definition) is 3. The molecule has 3 fully saturated rings. The van der Waals surface area contributed by atoms with E-state index in [2.05, 4.69) is 20.5 Å². The molecule has 3 aliphatic heterocycles. The maximum Gasteiger partial charge on any atom is 0.191 e. The van der Waals surface area contributed by atoms with Crippen molar-refractivity contribution < 1.29 is 14.6 Å². The summed E-state index contributed by atoms with van der Waals surface area (Å²) in [5.74, 6) is 3.24. The highest BCUT2D eigenvalue weighted by atomic mass is 127. The largest absolute Gasteiger partial charge is 0.396 e. The number of rotatable bonds is 7. The van der Waals surface area contributed by atoms with Crippen LogP contribution in [0, 0.1) is 5.41 Å². The molecular weight excluding hydrogens is 479 g/mol. The summed E-state index contributed by atoms with van der Waals surface area (Å²) in [4.78, 5) is 7.02. The molecule has 3 aliphatic rings. The highest BCUT2D eigenvalue weighted by Gasteiger charge is 2.41. The van der Waals surface area contributed by atoms with Gasteiger partial charge in [0.25, 0.3) is 0 Å². The lowest BCUT2D eigenvalue weighted by atomic mass is 9.84. The van der Waals surface area contributed by atoms with Gasteiger partial charge in [-0.1, -0.05) is 0 Å². The average molecular weight is 514 g/mol. The summed E-state index contributed by atoms with van der Waals surface area (Å²) < 4.78 is 11.1. The molecule has 3 heterocycles. The van der Waals surface area contributed by atoms with E-state index in [4.69, 9.17) is 9.47 Å². The van der Waals surface area contributed by atoms with Crippen molar-refractivity contribution in [2.45, 2.75) is 24.8 Å². The number of guanidine groups is 1. The lowest BCUT2D eigenvalue weighted by Crippen LogP contribution is -2.60. The topological polar surface area (TPSA) is 78.4 Å². The predicted octanol–water partition coefficient (Wildman–Crippen LogP) is 0.766. The number of aliphatic hydroxyl groups excluding tert-OH is 1. The van der Waals surface area contributed by atoms with Crippen LogP contribution in [0.3, 0.4) is 0 Å². The van der Waals surface area contributed by atoms with Crippen LogP contribution in [0.25, 0.3) is 0 Å². The Morgan fingerprint density at radius 1 is 1.15 bits per heavy atom. The lowest BCUT2D eigenvalue weighted by molar-refractivity contribution is -0.0120. The van der Waals surface area contributed by atoms with Crippen molar-refractivity contribution in [2.75, 3.05) is 77.8 Å². The third-order valence-corrected chi connectivity index (χ3v) is 7.27. The van der Waals surface area contributed by atoms with Crippen LogP contribution < -0.4 is 10.6 Å². The van der Waals surface area contributed by atoms with Crippen molar-refractivity contribution >= 4 is 41.7 Å². The van der Waals surface area contributed by atoms with Gasteiger partial charge in [-0.05, 0) is 25.0 Å². The van der Waals surface area contributed by atoms with Gasteiger partial charge in [0.2, 0.25) is 0 Å². The Bertz CT molecular complexity index is 466. The van der Waals surface area contributed by atoms with E-state index in [1.807, 2.05) is 18.8 Å². The molecule has 0 amide bonds. The van der Waals surface area contributed by atoms with Crippen LogP contribution in [0.15, 0.2) is 4.99 Å². The van der Waals surface area contributed by atoms with E-state index in [0.29, 0.717) is 6.61 Å². The van der Waals surface area contributed by atoms with Gasteiger partial charge in [0.1, 0.15) is 0 Å². The second kappa shape index (κ2) is 11.4. The van der Waals surface area contributed by atoms with E-state index in [-0.39, 0.29) is 41.5 Å². The van der Waals surface area contributed by atoms with Crippen molar-refractivity contribution in [3.63, 3.8) is 0 Å². The highest BCUT2D eigenvalue weighted by Crippen LogP contribution is 2.34. The van der Waals surface area contributed by atoms with Gasteiger partial charge >= 0.3 is 0 Å². The Morgan fingerprint density at radius 3 is 2.52 bits per heavy atom. The van der Waals surface area contributed by atoms with E-state index < -0.39 is 0 Å². The summed E-state index contributed by atoms with van der Waals surface area (Å²) in [7, 11) is 1.82. The van der Waals surface area contributed by atoms with Crippen LogP contribution >= 0.6 is 35.7 Å². The van der Waals surface area contributed by atoms with Gasteiger partial charge < -0.3 is 25.2 Å². The van der Waals surface area contributed by atoms with Crippen LogP contribution in [0.1, 0.15) is 19.3 Å². The number of aliphatic imine (C=N–C) groups is 1. The standard InChI is InChI=1S/C18H34N4O3S.HI/c1-19-16(20-12-17(2-7-23)3-8-25-14-17)21-13-18(4-11-26-15-18)22-5-9-24-10-6-22;/h23H,2-15H2,1H3,(H2,19,20,21);1H. The Hall–Kier alpha value is 0.190. The zero-order valence-corrected chi connectivity index (χ0v) is 19.5. The van der Waals surface area contributed by atoms with Crippen LogP contribution in [-0.4, -0.2) is 99.3 Å². The molecule has 2 atom stereocenters. The molecule has 0 saturated carbocycles. The normalized spacial score (nSPS) is 32.3. The average Bonchev–Trinajstić information content (AvgIpc) is 3.34. The fraction of sp³-hybridized carbons (Fsp3) is 0.944. The molecule has 9 heteroatoms. The Balaban J connectivity index is 0.00000261. The van der Waals surface area contributed by atoms with Crippen molar-refractivity contribution in [1.82, 2.24) is 15.5 Å². The van der Waals surface area contributed by atoms with E-state index in [9.17, 15) is 5.11 Å². The van der Waals surface area contributed by atoms with Crippen molar-refractivity contribution in [2.24, 2.45) is 10.4 Å². The van der Waals surface area contributed by atoms with E-state index in [0.717, 1.165) is 64.8 Å². The summed E-state index contributed by atoms with van der Waals surface area (Å²) in [5, 5.41) is 16.4. The van der Waals surface area contributed by atoms with Gasteiger partial charge in [0.15, 0.2) is 5.96 Å². The quantitative estimate of drug-likeness (QED) is 0.263. The number of nitrogens with zero attached hydrogens (tertiary/aromatic N) is 2. The number of nitrogens with one attached hydrogen (secondary N) is 2. The van der Waals surface area contributed by atoms with Gasteiger partial charge in [-0.25, -0.2) is 0 Å². The van der Waals surface area contributed by atoms with E-state index >= 15 is 0 Å². The molecule has 3 rings (SSSR count). The van der Waals surface area contributed by atoms with Crippen LogP contribution in [-0.2, 0) is 9.47 Å². The Kier molecular flexibility index (Phi) is 9.90. The van der Waals surface area contributed by atoms with Crippen molar-refractivity contribution in [1.29, 1.82) is 0 Å². The molecule has 0 aromatic heterocycles. The molecule has 158 valence electrons. The monoisotopic (exact) mass is 514 g/mol. The number of morpholine rings is 1. The minimum atomic E-state index is 0. The van der Waals surface area contributed by atoms with Gasteiger partial charge in [-0.2, -0.15) is 11.8 Å². The smallest absolute Gasteiger partial charge is 0.191 e. The molecule has 0 aromatic rings. The minimum absolute atomic E-state index is 0. The number of aliphatic hydroxyl groups is 1. The molecular formula is C18H35IN4O3S. The maximum absolute atomic E-state index is 9.39. The summed E-state index contributed by atoms with van der Waals surface area (Å²) >= 11 is 2.05. The van der Waals surface area contributed by atoms with E-state index in [1.165, 1.54) is 17.9 Å². The summed E-state index contributed by atoms with van der Waals surface area (Å²) in [6.07, 6.45) is 2.97. The summed E-state index contributed by atoms with van der Waals surface area (Å²) in [6.45, 7) is 7.10. The van der Waals surface area contributed by atoms with Crippen LogP contribution in [0.2, 0.25) is 0 Å². The van der Waals surface area contributed by atoms with Crippen LogP contribution in [0.4, 0.5) is 0 Å². The maximum atomic E-state index is 9.39. The molecule has 0 radical (unpaired) electrons. The molecule has 0 spiro atoms. The summed E-state index contributed by atoms with van der Waals surface area (Å²) in [5.41, 5.74) is 0.225. The first kappa shape index (κ1) is 23.5. The first-order valence-electron chi connectivity index (χ1n) is 9.76. The van der Waals surface area contributed by atoms with Gasteiger partial charge in [0.05, 0.1) is 19.8 Å². The molecule has 0 aromatic carbocycles. The lowest BCUT2D eigenvalue weighted by Gasteiger charge is -2.43. The third kappa shape index (κ3) is 6.08. The predicted molar refractivity (Wildman–Crippen MR) is 121 cm³/mol. The van der Waals surface area contributed by atoms with Gasteiger partial charge in [-0.3, -0.25) is 9.89 Å². The molecule has 7 nitrogen and oxygen atoms in total. The molecule has 0 aliphatic carbocycles. The summed E-state index contributed by atoms with van der Waals surface area (Å²) in [6, 6.07) is 0. The Labute approximate surface area is 184 Å². The van der Waals surface area contributed by atoms with Gasteiger partial charge in [0, 0.05) is 63.1 Å². The fourth-order valence-corrected chi connectivity index (χ4v) is 5.66. The fourth-order valence-electron chi connectivity index (χ4n) is 4.19. The number of halogens is 1. The Morgan fingerprint density at radius 2 is 1.93 bits per heavy atom. The zero-order valence-electron chi connectivity index (χ0n) is 16.4. The molecule has 2 unspecified atom stereocenters. The van der Waals surface area contributed by atoms with Crippen molar-refractivity contribution in [3.8, 4) is 0 Å². The number of hydrogen-bond acceptors (Lipinski definition) is 6. The molecule has 27 heavy (non-hydrogen) atoms. The first-order chi connectivity index (χ1) is 12.7. The second-order valence-corrected chi connectivity index (χ2v) is 8.79. The number of thioether (sulfide) groups is 1. The van der Waals surface area contributed by atoms with Crippen molar-refractivity contribution in [3.05, 3.63) is 0 Å². The molecule has 3 saturated heterocycles. The number of ether oxygens (including phenoxy) is 2. The van der Waals surface area contributed by atoms with Gasteiger partial charge in [-0.15, -0.1) is 24.0 Å². The van der Waals surface area contributed by atoms with E-state index in [1.54, 1.807) is 0 Å². The SMILES string of the molecule is CN=C(NCC1(CCO)CCOC1)NCC1(N2CCOCC2)CCSC1.I. The highest BCUT2D eigenvalue weighted by molar-refractivity contribution is 14.0. The molecule has 3 N–H and O–H groups in total. The first-order valence-corrected chi connectivity index (χ1v) is 10.9. The zero-order chi connectivity index (χ0) is 18.3. The van der Waals surface area contributed by atoms with Crippen LogP contribution in [0.5, 0.6) is 0 Å². The second-order valence-electron chi connectivity index (χ2n) is 7.68. The minimum Gasteiger partial charge on any atom is -0.396 e. The third-order valence-electron chi connectivity index (χ3n) is 6.03.